The number of ether oxygens (including phenoxy) is 1. The molecule has 27 heavy (non-hydrogen) atoms. The molecule has 0 N–H and O–H groups in total. The summed E-state index contributed by atoms with van der Waals surface area (Å²) in [4.78, 5) is 2.14. The zero-order chi connectivity index (χ0) is 19.8. The van der Waals surface area contributed by atoms with Crippen LogP contribution in [-0.2, 0) is 10.0 Å². The van der Waals surface area contributed by atoms with Gasteiger partial charge in [0.05, 0.1) is 16.1 Å². The first-order valence-corrected chi connectivity index (χ1v) is 10.5. The fourth-order valence-corrected chi connectivity index (χ4v) is 4.70. The lowest BCUT2D eigenvalue weighted by Gasteiger charge is -2.12. The van der Waals surface area contributed by atoms with Gasteiger partial charge in [-0.3, -0.25) is 0 Å². The molecule has 3 aromatic rings. The first-order chi connectivity index (χ1) is 12.7. The average molecular weight is 427 g/mol. The Kier molecular flexibility index (Phi) is 5.72. The summed E-state index contributed by atoms with van der Waals surface area (Å²) >= 11 is 12.0. The summed E-state index contributed by atoms with van der Waals surface area (Å²) in [6.45, 7) is 2.88. The molecular weight excluding hydrogens is 407 g/mol. The Morgan fingerprint density at radius 2 is 1.67 bits per heavy atom. The van der Waals surface area contributed by atoms with Crippen molar-refractivity contribution in [2.45, 2.75) is 11.8 Å². The van der Waals surface area contributed by atoms with Crippen LogP contribution in [0, 0.1) is 6.92 Å². The number of hydrogen-bond acceptors (Lipinski definition) is 4. The van der Waals surface area contributed by atoms with Gasteiger partial charge in [-0.1, -0.05) is 23.2 Å². The van der Waals surface area contributed by atoms with Crippen LogP contribution in [0.4, 0.5) is 0 Å². The molecule has 1 aromatic heterocycles. The Balaban J connectivity index is 2.18. The van der Waals surface area contributed by atoms with Crippen LogP contribution in [0.3, 0.4) is 0 Å². The van der Waals surface area contributed by atoms with Gasteiger partial charge < -0.3 is 9.64 Å². The van der Waals surface area contributed by atoms with Gasteiger partial charge >= 0.3 is 0 Å². The fraction of sp³-hybridized carbons (Fsp3) is 0.263. The van der Waals surface area contributed by atoms with E-state index in [4.69, 9.17) is 27.9 Å². The summed E-state index contributed by atoms with van der Waals surface area (Å²) in [6.07, 6.45) is 0. The largest absolute Gasteiger partial charge is 0.490 e. The third-order valence-electron chi connectivity index (χ3n) is 4.19. The Bertz CT molecular complexity index is 1070. The van der Waals surface area contributed by atoms with Gasteiger partial charge in [-0.05, 0) is 63.5 Å². The van der Waals surface area contributed by atoms with E-state index in [1.165, 1.54) is 16.1 Å². The number of likely N-dealkylation sites (N-methyl/N-ethyl adjacent to an activating group) is 1. The highest BCUT2D eigenvalue weighted by Crippen LogP contribution is 2.37. The highest BCUT2D eigenvalue weighted by Gasteiger charge is 2.26. The van der Waals surface area contributed by atoms with Gasteiger partial charge in [0.15, 0.2) is 0 Å². The van der Waals surface area contributed by atoms with Crippen molar-refractivity contribution in [2.75, 3.05) is 27.2 Å². The van der Waals surface area contributed by atoms with Crippen molar-refractivity contribution >= 4 is 44.1 Å². The van der Waals surface area contributed by atoms with Crippen molar-refractivity contribution in [2.24, 2.45) is 0 Å². The lowest BCUT2D eigenvalue weighted by atomic mass is 10.2. The molecule has 0 fully saturated rings. The highest BCUT2D eigenvalue weighted by molar-refractivity contribution is 7.90. The van der Waals surface area contributed by atoms with E-state index in [0.29, 0.717) is 45.5 Å². The Morgan fingerprint density at radius 3 is 2.30 bits per heavy atom. The molecule has 144 valence electrons. The molecular formula is C19H20Cl2N2O3S. The molecule has 0 saturated carbocycles. The SMILES string of the molecule is Cc1c(OCCN(C)C)c2ccc(Cl)cc2n1S(=O)(=O)c1ccc(Cl)cc1. The second-order valence-corrected chi connectivity index (χ2v) is 9.11. The molecule has 2 aromatic carbocycles. The lowest BCUT2D eigenvalue weighted by molar-refractivity contribution is 0.262. The first-order valence-electron chi connectivity index (χ1n) is 8.31. The minimum absolute atomic E-state index is 0.145. The minimum Gasteiger partial charge on any atom is -0.490 e. The Labute approximate surface area is 169 Å². The van der Waals surface area contributed by atoms with E-state index < -0.39 is 10.0 Å². The van der Waals surface area contributed by atoms with Gasteiger partial charge in [0.25, 0.3) is 10.0 Å². The zero-order valence-corrected chi connectivity index (χ0v) is 17.6. The molecule has 0 radical (unpaired) electrons. The van der Waals surface area contributed by atoms with Gasteiger partial charge in [0.2, 0.25) is 0 Å². The number of hydrogen-bond donors (Lipinski definition) is 0. The van der Waals surface area contributed by atoms with Crippen molar-refractivity contribution in [1.29, 1.82) is 0 Å². The normalized spacial score (nSPS) is 12.1. The molecule has 8 heteroatoms. The van der Waals surface area contributed by atoms with Crippen LogP contribution in [-0.4, -0.2) is 44.5 Å². The Hall–Kier alpha value is -1.73. The predicted octanol–water partition coefficient (Wildman–Crippen LogP) is 4.43. The molecule has 0 amide bonds. The number of halogens is 2. The molecule has 0 saturated heterocycles. The standard InChI is InChI=1S/C19H20Cl2N2O3S/c1-13-19(26-11-10-22(2)3)17-9-6-15(21)12-18(17)23(13)27(24,25)16-7-4-14(20)5-8-16/h4-9,12H,10-11H2,1-3H3. The van der Waals surface area contributed by atoms with Gasteiger partial charge in [0.1, 0.15) is 12.4 Å². The molecule has 0 aliphatic rings. The van der Waals surface area contributed by atoms with E-state index in [9.17, 15) is 8.42 Å². The third-order valence-corrected chi connectivity index (χ3v) is 6.50. The summed E-state index contributed by atoms with van der Waals surface area (Å²) in [5.74, 6) is 0.543. The molecule has 0 aliphatic heterocycles. The van der Waals surface area contributed by atoms with Crippen molar-refractivity contribution in [1.82, 2.24) is 8.87 Å². The quantitative estimate of drug-likeness (QED) is 0.584. The van der Waals surface area contributed by atoms with Crippen LogP contribution in [0.15, 0.2) is 47.4 Å². The maximum atomic E-state index is 13.3. The van der Waals surface area contributed by atoms with Crippen LogP contribution < -0.4 is 4.74 Å². The zero-order valence-electron chi connectivity index (χ0n) is 15.2. The number of nitrogens with zero attached hydrogens (tertiary/aromatic N) is 2. The van der Waals surface area contributed by atoms with Crippen LogP contribution in [0.1, 0.15) is 5.69 Å². The summed E-state index contributed by atoms with van der Waals surface area (Å²) < 4.78 is 33.8. The van der Waals surface area contributed by atoms with Crippen LogP contribution in [0.5, 0.6) is 5.75 Å². The average Bonchev–Trinajstić information content (AvgIpc) is 2.86. The Morgan fingerprint density at radius 1 is 1.04 bits per heavy atom. The highest BCUT2D eigenvalue weighted by atomic mass is 35.5. The maximum absolute atomic E-state index is 13.3. The lowest BCUT2D eigenvalue weighted by Crippen LogP contribution is -2.20. The van der Waals surface area contributed by atoms with Crippen molar-refractivity contribution in [3.05, 3.63) is 58.2 Å². The fourth-order valence-electron chi connectivity index (χ4n) is 2.87. The van der Waals surface area contributed by atoms with E-state index in [1.807, 2.05) is 19.0 Å². The van der Waals surface area contributed by atoms with Gasteiger partial charge in [-0.2, -0.15) is 0 Å². The third kappa shape index (κ3) is 3.94. The predicted molar refractivity (Wildman–Crippen MR) is 110 cm³/mol. The number of benzene rings is 2. The maximum Gasteiger partial charge on any atom is 0.268 e. The summed E-state index contributed by atoms with van der Waals surface area (Å²) in [6, 6.07) is 11.2. The van der Waals surface area contributed by atoms with E-state index in [-0.39, 0.29) is 4.90 Å². The monoisotopic (exact) mass is 426 g/mol. The van der Waals surface area contributed by atoms with Crippen molar-refractivity contribution in [3.63, 3.8) is 0 Å². The van der Waals surface area contributed by atoms with Crippen LogP contribution in [0.2, 0.25) is 10.0 Å². The molecule has 5 nitrogen and oxygen atoms in total. The topological polar surface area (TPSA) is 51.5 Å². The van der Waals surface area contributed by atoms with E-state index in [2.05, 4.69) is 0 Å². The van der Waals surface area contributed by atoms with Crippen molar-refractivity contribution < 1.29 is 13.2 Å². The van der Waals surface area contributed by atoms with Gasteiger partial charge in [0, 0.05) is 22.0 Å². The van der Waals surface area contributed by atoms with Crippen LogP contribution in [0.25, 0.3) is 10.9 Å². The van der Waals surface area contributed by atoms with Crippen LogP contribution >= 0.6 is 23.2 Å². The second-order valence-electron chi connectivity index (χ2n) is 6.45. The first kappa shape index (κ1) is 20.0. The molecule has 0 unspecified atom stereocenters. The second kappa shape index (κ2) is 7.72. The molecule has 0 aliphatic carbocycles. The number of fused-ring (bicyclic) bond motifs is 1. The van der Waals surface area contributed by atoms with Gasteiger partial charge in [-0.15, -0.1) is 0 Å². The molecule has 0 spiro atoms. The minimum atomic E-state index is -3.84. The van der Waals surface area contributed by atoms with Gasteiger partial charge in [-0.25, -0.2) is 12.4 Å². The molecule has 0 atom stereocenters. The van der Waals surface area contributed by atoms with E-state index in [1.54, 1.807) is 37.3 Å². The van der Waals surface area contributed by atoms with E-state index in [0.717, 1.165) is 0 Å². The number of aromatic nitrogens is 1. The molecule has 3 rings (SSSR count). The summed E-state index contributed by atoms with van der Waals surface area (Å²) in [5.41, 5.74) is 0.982. The smallest absolute Gasteiger partial charge is 0.268 e. The summed E-state index contributed by atoms with van der Waals surface area (Å²) in [5, 5.41) is 1.62. The van der Waals surface area contributed by atoms with Crippen molar-refractivity contribution in [3.8, 4) is 5.75 Å². The summed E-state index contributed by atoms with van der Waals surface area (Å²) in [7, 11) is 0.0560. The molecule has 1 heterocycles. The number of rotatable bonds is 6. The molecule has 0 bridgehead atoms. The van der Waals surface area contributed by atoms with E-state index >= 15 is 0 Å².